The largest absolute Gasteiger partial charge is 0.390 e. The Bertz CT molecular complexity index is 1020. The van der Waals surface area contributed by atoms with Crippen LogP contribution in [0.4, 0.5) is 11.4 Å². The van der Waals surface area contributed by atoms with Gasteiger partial charge in [0.2, 0.25) is 5.91 Å². The number of rotatable bonds is 8. The second kappa shape index (κ2) is 9.35. The molecular formula is C20H20N4O4S. The first-order valence-electron chi connectivity index (χ1n) is 8.84. The van der Waals surface area contributed by atoms with Crippen molar-refractivity contribution in [1.82, 2.24) is 9.55 Å². The summed E-state index contributed by atoms with van der Waals surface area (Å²) in [4.78, 5) is 27.0. The van der Waals surface area contributed by atoms with Crippen molar-refractivity contribution in [3.8, 4) is 0 Å². The summed E-state index contributed by atoms with van der Waals surface area (Å²) in [5.41, 5.74) is 3.06. The number of carbonyl (C=O) groups excluding carboxylic acids is 1. The van der Waals surface area contributed by atoms with Crippen LogP contribution in [-0.4, -0.2) is 31.2 Å². The van der Waals surface area contributed by atoms with Crippen molar-refractivity contribution in [2.24, 2.45) is 0 Å². The Labute approximate surface area is 171 Å². The van der Waals surface area contributed by atoms with Gasteiger partial charge in [-0.25, -0.2) is 4.98 Å². The SMILES string of the molecule is Cc1ccc(Cn2cc(CO)nc2SCC(=O)Nc2cccc([N+](=O)[O-])c2)cc1. The molecule has 29 heavy (non-hydrogen) atoms. The molecule has 3 rings (SSSR count). The highest BCUT2D eigenvalue weighted by Gasteiger charge is 2.13. The summed E-state index contributed by atoms with van der Waals surface area (Å²) < 4.78 is 1.89. The van der Waals surface area contributed by atoms with Crippen molar-refractivity contribution in [2.75, 3.05) is 11.1 Å². The molecule has 1 amide bonds. The van der Waals surface area contributed by atoms with Gasteiger partial charge in [0.15, 0.2) is 5.16 Å². The Balaban J connectivity index is 1.65. The lowest BCUT2D eigenvalue weighted by molar-refractivity contribution is -0.384. The molecule has 0 spiro atoms. The fourth-order valence-electron chi connectivity index (χ4n) is 2.67. The van der Waals surface area contributed by atoms with E-state index in [9.17, 15) is 20.0 Å². The summed E-state index contributed by atoms with van der Waals surface area (Å²) in [7, 11) is 0. The van der Waals surface area contributed by atoms with Gasteiger partial charge in [0.05, 0.1) is 23.0 Å². The third-order valence-electron chi connectivity index (χ3n) is 4.10. The van der Waals surface area contributed by atoms with E-state index in [2.05, 4.69) is 10.3 Å². The molecule has 150 valence electrons. The number of non-ortho nitro benzene ring substituents is 1. The zero-order valence-corrected chi connectivity index (χ0v) is 16.6. The average molecular weight is 412 g/mol. The number of nitrogens with one attached hydrogen (secondary N) is 1. The Morgan fingerprint density at radius 3 is 2.72 bits per heavy atom. The molecule has 3 aromatic rings. The number of aromatic nitrogens is 2. The standard InChI is InChI=1S/C20H20N4O4S/c1-14-5-7-15(8-6-14)10-23-11-17(12-25)22-20(23)29-13-19(26)21-16-3-2-4-18(9-16)24(27)28/h2-9,11,25H,10,12-13H2,1H3,(H,21,26). The predicted molar refractivity (Wildman–Crippen MR) is 111 cm³/mol. The fraction of sp³-hybridized carbons (Fsp3) is 0.200. The summed E-state index contributed by atoms with van der Waals surface area (Å²) in [5.74, 6) is -0.218. The minimum atomic E-state index is -0.511. The number of aryl methyl sites for hydroxylation is 1. The van der Waals surface area contributed by atoms with Gasteiger partial charge in [0.25, 0.3) is 5.69 Å². The third kappa shape index (κ3) is 5.66. The number of hydrogen-bond acceptors (Lipinski definition) is 6. The van der Waals surface area contributed by atoms with Gasteiger partial charge >= 0.3 is 0 Å². The molecule has 1 heterocycles. The first-order chi connectivity index (χ1) is 13.9. The number of benzene rings is 2. The van der Waals surface area contributed by atoms with Crippen LogP contribution in [0, 0.1) is 17.0 Å². The molecule has 0 radical (unpaired) electrons. The quantitative estimate of drug-likeness (QED) is 0.333. The van der Waals surface area contributed by atoms with Crippen molar-refractivity contribution < 1.29 is 14.8 Å². The van der Waals surface area contributed by atoms with Crippen molar-refractivity contribution in [2.45, 2.75) is 25.2 Å². The third-order valence-corrected chi connectivity index (χ3v) is 5.09. The Hall–Kier alpha value is -3.17. The fourth-order valence-corrected chi connectivity index (χ4v) is 3.47. The second-order valence-corrected chi connectivity index (χ2v) is 7.37. The van der Waals surface area contributed by atoms with E-state index >= 15 is 0 Å². The normalized spacial score (nSPS) is 10.7. The number of amides is 1. The molecule has 0 fully saturated rings. The molecule has 0 atom stereocenters. The van der Waals surface area contributed by atoms with Crippen LogP contribution in [0.3, 0.4) is 0 Å². The molecule has 0 saturated heterocycles. The van der Waals surface area contributed by atoms with E-state index in [1.165, 1.54) is 35.5 Å². The van der Waals surface area contributed by atoms with Crippen LogP contribution in [0.2, 0.25) is 0 Å². The van der Waals surface area contributed by atoms with Crippen LogP contribution in [0.25, 0.3) is 0 Å². The topological polar surface area (TPSA) is 110 Å². The Morgan fingerprint density at radius 2 is 2.03 bits per heavy atom. The number of aliphatic hydroxyl groups is 1. The Morgan fingerprint density at radius 1 is 1.28 bits per heavy atom. The molecule has 0 aliphatic rings. The van der Waals surface area contributed by atoms with Crippen LogP contribution >= 0.6 is 11.8 Å². The summed E-state index contributed by atoms with van der Waals surface area (Å²) in [5, 5.41) is 23.5. The molecule has 8 nitrogen and oxygen atoms in total. The minimum absolute atomic E-state index is 0.0818. The number of thioether (sulfide) groups is 1. The highest BCUT2D eigenvalue weighted by Crippen LogP contribution is 2.21. The molecule has 0 aliphatic carbocycles. The van der Waals surface area contributed by atoms with Crippen molar-refractivity contribution in [3.63, 3.8) is 0 Å². The first-order valence-corrected chi connectivity index (χ1v) is 9.82. The number of aliphatic hydroxyl groups excluding tert-OH is 1. The average Bonchev–Trinajstić information content (AvgIpc) is 3.10. The van der Waals surface area contributed by atoms with E-state index in [1.807, 2.05) is 35.8 Å². The first kappa shape index (κ1) is 20.6. The van der Waals surface area contributed by atoms with Crippen LogP contribution in [-0.2, 0) is 17.9 Å². The van der Waals surface area contributed by atoms with Crippen LogP contribution in [0.1, 0.15) is 16.8 Å². The maximum Gasteiger partial charge on any atom is 0.271 e. The molecule has 0 saturated carbocycles. The van der Waals surface area contributed by atoms with Gasteiger partial charge < -0.3 is 15.0 Å². The molecule has 2 aromatic carbocycles. The van der Waals surface area contributed by atoms with E-state index in [0.29, 0.717) is 23.1 Å². The number of hydrogen-bond donors (Lipinski definition) is 2. The van der Waals surface area contributed by atoms with Crippen molar-refractivity contribution in [3.05, 3.63) is 81.7 Å². The zero-order chi connectivity index (χ0) is 20.8. The smallest absolute Gasteiger partial charge is 0.271 e. The lowest BCUT2D eigenvalue weighted by Gasteiger charge is -2.08. The van der Waals surface area contributed by atoms with Gasteiger partial charge in [-0.2, -0.15) is 0 Å². The zero-order valence-electron chi connectivity index (χ0n) is 15.7. The molecule has 1 aromatic heterocycles. The van der Waals surface area contributed by atoms with Crippen LogP contribution in [0.15, 0.2) is 59.9 Å². The van der Waals surface area contributed by atoms with Crippen LogP contribution < -0.4 is 5.32 Å². The lowest BCUT2D eigenvalue weighted by atomic mass is 10.1. The maximum atomic E-state index is 12.3. The van der Waals surface area contributed by atoms with Gasteiger partial charge in [0.1, 0.15) is 0 Å². The Kier molecular flexibility index (Phi) is 6.63. The van der Waals surface area contributed by atoms with Gasteiger partial charge in [-0.1, -0.05) is 47.7 Å². The van der Waals surface area contributed by atoms with E-state index in [1.54, 1.807) is 12.3 Å². The minimum Gasteiger partial charge on any atom is -0.390 e. The highest BCUT2D eigenvalue weighted by molar-refractivity contribution is 7.99. The number of carbonyl (C=O) groups is 1. The number of imidazole rings is 1. The number of nitro benzene ring substituents is 1. The molecule has 0 unspecified atom stereocenters. The van der Waals surface area contributed by atoms with E-state index in [-0.39, 0.29) is 24.0 Å². The van der Waals surface area contributed by atoms with Crippen LogP contribution in [0.5, 0.6) is 0 Å². The van der Waals surface area contributed by atoms with Crippen molar-refractivity contribution in [1.29, 1.82) is 0 Å². The molecule has 0 aliphatic heterocycles. The van der Waals surface area contributed by atoms with Crippen molar-refractivity contribution >= 4 is 29.0 Å². The highest BCUT2D eigenvalue weighted by atomic mass is 32.2. The molecular weight excluding hydrogens is 392 g/mol. The monoisotopic (exact) mass is 412 g/mol. The summed E-state index contributed by atoms with van der Waals surface area (Å²) in [6.45, 7) is 2.41. The van der Waals surface area contributed by atoms with E-state index < -0.39 is 4.92 Å². The lowest BCUT2D eigenvalue weighted by Crippen LogP contribution is -2.14. The number of nitro groups is 1. The van der Waals surface area contributed by atoms with Gasteiger partial charge in [-0.15, -0.1) is 0 Å². The summed E-state index contributed by atoms with van der Waals surface area (Å²) in [6.07, 6.45) is 1.76. The maximum absolute atomic E-state index is 12.3. The predicted octanol–water partition coefficient (Wildman–Crippen LogP) is 3.37. The summed E-state index contributed by atoms with van der Waals surface area (Å²) >= 11 is 1.24. The number of anilines is 1. The molecule has 9 heteroatoms. The van der Waals surface area contributed by atoms with E-state index in [4.69, 9.17) is 0 Å². The van der Waals surface area contributed by atoms with Gasteiger partial charge in [-0.3, -0.25) is 14.9 Å². The second-order valence-electron chi connectivity index (χ2n) is 6.43. The van der Waals surface area contributed by atoms with E-state index in [0.717, 1.165) is 5.56 Å². The summed E-state index contributed by atoms with van der Waals surface area (Å²) in [6, 6.07) is 13.9. The molecule has 2 N–H and O–H groups in total. The molecule has 0 bridgehead atoms. The van der Waals surface area contributed by atoms with Gasteiger partial charge in [-0.05, 0) is 18.6 Å². The van der Waals surface area contributed by atoms with Gasteiger partial charge in [0, 0.05) is 30.6 Å². The number of nitrogens with zero attached hydrogens (tertiary/aromatic N) is 3.